The fraction of sp³-hybridized carbons (Fsp3) is 0.958. The molecule has 0 fully saturated rings. The lowest BCUT2D eigenvalue weighted by atomic mass is 10.0. The van der Waals surface area contributed by atoms with Crippen molar-refractivity contribution in [3.63, 3.8) is 0 Å². The number of unbranched alkanes of at least 4 members (excludes halogenated alkanes) is 56. The standard InChI is InChI=1S/C72H143NO6/c1-3-5-7-9-11-13-15-17-18-19-20-30-33-36-40-44-48-52-56-60-64-70(76)72(78)79-66-62-58-54-50-46-42-38-35-32-29-27-25-23-21-22-24-26-28-31-34-37-41-45-49-53-57-61-65-71(77)73-68(67-74)69(75)63-59-55-51-47-43-39-16-14-12-10-8-6-4-2/h59,63,68-70,72,74-76,78H,3-58,60-62,64-67H2,1-2H3,(H,73,77)/b63-59+. The molecule has 0 saturated carbocycles. The van der Waals surface area contributed by atoms with Crippen molar-refractivity contribution in [2.45, 2.75) is 430 Å². The monoisotopic (exact) mass is 1120 g/mol. The quantitative estimate of drug-likeness (QED) is 0.0235. The molecule has 1 amide bonds. The van der Waals surface area contributed by atoms with Crippen LogP contribution >= 0.6 is 0 Å². The molecule has 0 aliphatic rings. The number of aliphatic hydroxyl groups excluding tert-OH is 4. The number of carbonyl (C=O) groups is 1. The fourth-order valence-corrected chi connectivity index (χ4v) is 11.7. The second-order valence-corrected chi connectivity index (χ2v) is 25.2. The van der Waals surface area contributed by atoms with Gasteiger partial charge in [0, 0.05) is 13.0 Å². The minimum absolute atomic E-state index is 0.0655. The van der Waals surface area contributed by atoms with E-state index in [1.165, 1.54) is 327 Å². The molecule has 7 nitrogen and oxygen atoms in total. The van der Waals surface area contributed by atoms with Gasteiger partial charge in [0.2, 0.25) is 5.91 Å². The lowest BCUT2D eigenvalue weighted by Crippen LogP contribution is -2.45. The summed E-state index contributed by atoms with van der Waals surface area (Å²) in [5, 5.41) is 43.7. The molecule has 0 aromatic heterocycles. The molecule has 0 spiro atoms. The zero-order valence-electron chi connectivity index (χ0n) is 53.6. The van der Waals surface area contributed by atoms with E-state index in [4.69, 9.17) is 4.74 Å². The van der Waals surface area contributed by atoms with Gasteiger partial charge in [-0.05, 0) is 32.1 Å². The molecule has 0 aromatic rings. The number of hydrogen-bond donors (Lipinski definition) is 5. The Morgan fingerprint density at radius 2 is 0.633 bits per heavy atom. The number of hydrogen-bond acceptors (Lipinski definition) is 6. The van der Waals surface area contributed by atoms with Gasteiger partial charge < -0.3 is 30.5 Å². The first-order valence-electron chi connectivity index (χ1n) is 36.2. The molecule has 0 aromatic carbocycles. The SMILES string of the molecule is CCCCCCCCCCCCC/C=C/C(O)C(CO)NC(=O)CCCCCCCCCCCCCCCCCCCCCCCCCCCCCOC(O)C(O)CCCCCCCCCCCCCCCCCCCCCC. The average Bonchev–Trinajstić information content (AvgIpc) is 3.45. The molecule has 4 atom stereocenters. The van der Waals surface area contributed by atoms with Crippen molar-refractivity contribution < 1.29 is 30.0 Å². The van der Waals surface area contributed by atoms with Crippen LogP contribution < -0.4 is 5.32 Å². The van der Waals surface area contributed by atoms with E-state index < -0.39 is 24.5 Å². The summed E-state index contributed by atoms with van der Waals surface area (Å²) < 4.78 is 5.58. The Hall–Kier alpha value is -0.990. The van der Waals surface area contributed by atoms with Crippen LogP contribution in [0.4, 0.5) is 0 Å². The maximum atomic E-state index is 12.5. The van der Waals surface area contributed by atoms with Gasteiger partial charge in [-0.25, -0.2) is 0 Å². The minimum atomic E-state index is -1.03. The Kier molecular flexibility index (Phi) is 66.9. The molecular formula is C72H143NO6. The molecule has 0 rings (SSSR count). The maximum Gasteiger partial charge on any atom is 0.220 e. The fourth-order valence-electron chi connectivity index (χ4n) is 11.7. The van der Waals surface area contributed by atoms with Crippen molar-refractivity contribution in [1.82, 2.24) is 5.32 Å². The topological polar surface area (TPSA) is 119 Å². The first-order chi connectivity index (χ1) is 39.0. The van der Waals surface area contributed by atoms with E-state index in [9.17, 15) is 25.2 Å². The summed E-state index contributed by atoms with van der Waals surface area (Å²) in [6, 6.07) is -0.627. The van der Waals surface area contributed by atoms with Crippen LogP contribution in [-0.2, 0) is 9.53 Å². The van der Waals surface area contributed by atoms with Gasteiger partial charge in [-0.1, -0.05) is 379 Å². The van der Waals surface area contributed by atoms with Crippen LogP contribution in [0.5, 0.6) is 0 Å². The Bertz CT molecular complexity index is 1170. The Balaban J connectivity index is 3.36. The van der Waals surface area contributed by atoms with Gasteiger partial charge in [0.25, 0.3) is 0 Å². The van der Waals surface area contributed by atoms with Crippen LogP contribution in [-0.4, -0.2) is 64.1 Å². The van der Waals surface area contributed by atoms with Crippen molar-refractivity contribution in [3.05, 3.63) is 12.2 Å². The van der Waals surface area contributed by atoms with Gasteiger partial charge >= 0.3 is 0 Å². The number of rotatable bonds is 69. The average molecular weight is 1120 g/mol. The third-order valence-electron chi connectivity index (χ3n) is 17.3. The second kappa shape index (κ2) is 67.8. The molecule has 0 saturated heterocycles. The molecule has 0 aliphatic carbocycles. The predicted octanol–water partition coefficient (Wildman–Crippen LogP) is 21.9. The third kappa shape index (κ3) is 62.9. The van der Waals surface area contributed by atoms with Crippen LogP contribution in [0, 0.1) is 0 Å². The summed E-state index contributed by atoms with van der Waals surface area (Å²) in [6.07, 6.45) is 80.6. The highest BCUT2D eigenvalue weighted by atomic mass is 16.6. The van der Waals surface area contributed by atoms with E-state index in [1.54, 1.807) is 6.08 Å². The highest BCUT2D eigenvalue weighted by Gasteiger charge is 2.18. The van der Waals surface area contributed by atoms with Gasteiger partial charge in [0.15, 0.2) is 6.29 Å². The molecule has 0 heterocycles. The van der Waals surface area contributed by atoms with Crippen LogP contribution in [0.15, 0.2) is 12.2 Å². The van der Waals surface area contributed by atoms with Crippen molar-refractivity contribution in [1.29, 1.82) is 0 Å². The second-order valence-electron chi connectivity index (χ2n) is 25.2. The van der Waals surface area contributed by atoms with E-state index in [-0.39, 0.29) is 12.5 Å². The third-order valence-corrected chi connectivity index (χ3v) is 17.3. The first-order valence-corrected chi connectivity index (χ1v) is 36.2. The van der Waals surface area contributed by atoms with Gasteiger partial charge in [0.05, 0.1) is 18.8 Å². The molecular weight excluding hydrogens is 975 g/mol. The normalized spacial score (nSPS) is 13.4. The number of allylic oxidation sites excluding steroid dienone is 1. The van der Waals surface area contributed by atoms with Crippen molar-refractivity contribution in [2.24, 2.45) is 0 Å². The van der Waals surface area contributed by atoms with E-state index >= 15 is 0 Å². The van der Waals surface area contributed by atoms with Crippen molar-refractivity contribution in [2.75, 3.05) is 13.2 Å². The molecule has 4 unspecified atom stereocenters. The smallest absolute Gasteiger partial charge is 0.220 e. The lowest BCUT2D eigenvalue weighted by Gasteiger charge is -2.20. The number of amides is 1. The lowest BCUT2D eigenvalue weighted by molar-refractivity contribution is -0.163. The molecule has 0 aliphatic heterocycles. The summed E-state index contributed by atoms with van der Waals surface area (Å²) in [7, 11) is 0. The van der Waals surface area contributed by atoms with Crippen LogP contribution in [0.2, 0.25) is 0 Å². The molecule has 0 radical (unpaired) electrons. The Morgan fingerprint density at radius 1 is 0.367 bits per heavy atom. The van der Waals surface area contributed by atoms with Gasteiger partial charge in [-0.15, -0.1) is 0 Å². The van der Waals surface area contributed by atoms with Gasteiger partial charge in [-0.3, -0.25) is 4.79 Å². The summed E-state index contributed by atoms with van der Waals surface area (Å²) in [5.74, 6) is -0.0655. The van der Waals surface area contributed by atoms with E-state index in [1.807, 2.05) is 6.08 Å². The van der Waals surface area contributed by atoms with E-state index in [2.05, 4.69) is 19.2 Å². The highest BCUT2D eigenvalue weighted by Crippen LogP contribution is 2.20. The maximum absolute atomic E-state index is 12.5. The summed E-state index contributed by atoms with van der Waals surface area (Å²) in [6.45, 7) is 4.87. The summed E-state index contributed by atoms with van der Waals surface area (Å²) in [5.41, 5.74) is 0. The summed E-state index contributed by atoms with van der Waals surface area (Å²) >= 11 is 0. The van der Waals surface area contributed by atoms with Crippen LogP contribution in [0.1, 0.15) is 406 Å². The molecule has 0 bridgehead atoms. The van der Waals surface area contributed by atoms with Crippen LogP contribution in [0.3, 0.4) is 0 Å². The van der Waals surface area contributed by atoms with Crippen molar-refractivity contribution >= 4 is 5.91 Å². The van der Waals surface area contributed by atoms with Gasteiger partial charge in [-0.2, -0.15) is 0 Å². The largest absolute Gasteiger partial charge is 0.394 e. The molecule has 79 heavy (non-hydrogen) atoms. The Labute approximate surface area is 494 Å². The zero-order valence-corrected chi connectivity index (χ0v) is 53.6. The zero-order chi connectivity index (χ0) is 57.3. The number of carbonyl (C=O) groups excluding carboxylic acids is 1. The molecule has 472 valence electrons. The number of nitrogens with one attached hydrogen (secondary N) is 1. The highest BCUT2D eigenvalue weighted by molar-refractivity contribution is 5.76. The minimum Gasteiger partial charge on any atom is -0.394 e. The van der Waals surface area contributed by atoms with E-state index in [0.717, 1.165) is 51.4 Å². The van der Waals surface area contributed by atoms with E-state index in [0.29, 0.717) is 19.4 Å². The molecule has 5 N–H and O–H groups in total. The van der Waals surface area contributed by atoms with Gasteiger partial charge in [0.1, 0.15) is 6.10 Å². The first kappa shape index (κ1) is 78.0. The predicted molar refractivity (Wildman–Crippen MR) is 345 cm³/mol. The molecule has 7 heteroatoms. The number of ether oxygens (including phenoxy) is 1. The summed E-state index contributed by atoms with van der Waals surface area (Å²) in [4.78, 5) is 12.5. The Morgan fingerprint density at radius 3 is 0.937 bits per heavy atom. The van der Waals surface area contributed by atoms with Crippen molar-refractivity contribution in [3.8, 4) is 0 Å². The number of aliphatic hydroxyl groups is 4. The van der Waals surface area contributed by atoms with Crippen LogP contribution in [0.25, 0.3) is 0 Å².